The third kappa shape index (κ3) is 5.31. The number of unbranched alkanes of at least 4 members (excludes halogenated alkanes) is 1. The molecule has 0 aliphatic carbocycles. The van der Waals surface area contributed by atoms with Crippen LogP contribution in [0.25, 0.3) is 0 Å². The van der Waals surface area contributed by atoms with Crippen LogP contribution in [0.5, 0.6) is 0 Å². The molecule has 1 unspecified atom stereocenters. The Bertz CT molecular complexity index is 675. The van der Waals surface area contributed by atoms with E-state index >= 15 is 0 Å². The zero-order valence-electron chi connectivity index (χ0n) is 15.9. The van der Waals surface area contributed by atoms with Crippen molar-refractivity contribution in [2.45, 2.75) is 39.2 Å². The number of rotatable bonds is 8. The quantitative estimate of drug-likeness (QED) is 0.438. The van der Waals surface area contributed by atoms with Crippen molar-refractivity contribution in [1.29, 1.82) is 0 Å². The van der Waals surface area contributed by atoms with Crippen LogP contribution < -0.4 is 5.32 Å². The minimum absolute atomic E-state index is 0.678. The fourth-order valence-corrected chi connectivity index (χ4v) is 3.46. The van der Waals surface area contributed by atoms with E-state index in [1.54, 1.807) is 12.7 Å². The number of aryl methyl sites for hydroxylation is 2. The van der Waals surface area contributed by atoms with Crippen LogP contribution in [0.2, 0.25) is 0 Å². The highest BCUT2D eigenvalue weighted by atomic mass is 15.3. The average Bonchev–Trinajstić information content (AvgIpc) is 3.37. The Balaban J connectivity index is 1.44. The van der Waals surface area contributed by atoms with E-state index in [2.05, 4.69) is 38.6 Å². The molecule has 0 saturated carbocycles. The smallest absolute Gasteiger partial charge is 0.193 e. The second kappa shape index (κ2) is 9.35. The SMILES string of the molecule is CCNC(=NCCCCn1cnnc1)N1CCC(Cc2cnn(C)c2)C1. The molecule has 2 aromatic rings. The fraction of sp³-hybridized carbons (Fsp3) is 0.667. The molecular weight excluding hydrogens is 328 g/mol. The number of hydrogen-bond acceptors (Lipinski definition) is 4. The normalized spacial score (nSPS) is 17.8. The average molecular weight is 358 g/mol. The zero-order chi connectivity index (χ0) is 18.2. The summed E-state index contributed by atoms with van der Waals surface area (Å²) in [6, 6.07) is 0. The molecule has 3 heterocycles. The van der Waals surface area contributed by atoms with E-state index in [9.17, 15) is 0 Å². The number of hydrogen-bond donors (Lipinski definition) is 1. The summed E-state index contributed by atoms with van der Waals surface area (Å²) in [5, 5.41) is 15.4. The van der Waals surface area contributed by atoms with Gasteiger partial charge in [0.05, 0.1) is 6.20 Å². The Morgan fingerprint density at radius 3 is 2.88 bits per heavy atom. The van der Waals surface area contributed by atoms with Crippen molar-refractivity contribution in [3.8, 4) is 0 Å². The number of nitrogens with zero attached hydrogens (tertiary/aromatic N) is 7. The van der Waals surface area contributed by atoms with Gasteiger partial charge in [-0.2, -0.15) is 5.10 Å². The number of guanidine groups is 1. The lowest BCUT2D eigenvalue weighted by atomic mass is 10.0. The molecule has 0 radical (unpaired) electrons. The maximum Gasteiger partial charge on any atom is 0.193 e. The maximum atomic E-state index is 4.83. The molecule has 0 amide bonds. The summed E-state index contributed by atoms with van der Waals surface area (Å²) in [4.78, 5) is 7.24. The summed E-state index contributed by atoms with van der Waals surface area (Å²) >= 11 is 0. The first-order chi connectivity index (χ1) is 12.7. The monoisotopic (exact) mass is 358 g/mol. The molecule has 0 spiro atoms. The Kier molecular flexibility index (Phi) is 6.62. The van der Waals surface area contributed by atoms with Gasteiger partial charge < -0.3 is 14.8 Å². The van der Waals surface area contributed by atoms with Crippen LogP contribution in [-0.4, -0.2) is 61.6 Å². The van der Waals surface area contributed by atoms with Gasteiger partial charge in [0.25, 0.3) is 0 Å². The molecule has 26 heavy (non-hydrogen) atoms. The van der Waals surface area contributed by atoms with Crippen molar-refractivity contribution in [2.24, 2.45) is 18.0 Å². The van der Waals surface area contributed by atoms with Gasteiger partial charge in [-0.1, -0.05) is 0 Å². The van der Waals surface area contributed by atoms with Crippen LogP contribution in [0.3, 0.4) is 0 Å². The van der Waals surface area contributed by atoms with Crippen LogP contribution in [0.4, 0.5) is 0 Å². The highest BCUT2D eigenvalue weighted by molar-refractivity contribution is 5.80. The van der Waals surface area contributed by atoms with Crippen LogP contribution in [0, 0.1) is 5.92 Å². The van der Waals surface area contributed by atoms with Crippen molar-refractivity contribution in [2.75, 3.05) is 26.2 Å². The first kappa shape index (κ1) is 18.4. The summed E-state index contributed by atoms with van der Waals surface area (Å²) in [6.07, 6.45) is 12.1. The third-order valence-corrected chi connectivity index (χ3v) is 4.76. The zero-order valence-corrected chi connectivity index (χ0v) is 15.9. The lowest BCUT2D eigenvalue weighted by Crippen LogP contribution is -2.40. The van der Waals surface area contributed by atoms with Gasteiger partial charge in [0, 0.05) is 46.0 Å². The first-order valence-corrected chi connectivity index (χ1v) is 9.57. The Hall–Kier alpha value is -2.38. The van der Waals surface area contributed by atoms with E-state index in [0.29, 0.717) is 5.92 Å². The summed E-state index contributed by atoms with van der Waals surface area (Å²) in [6.45, 7) is 7.00. The van der Waals surface area contributed by atoms with Gasteiger partial charge in [0.15, 0.2) is 5.96 Å². The van der Waals surface area contributed by atoms with Crippen molar-refractivity contribution >= 4 is 5.96 Å². The van der Waals surface area contributed by atoms with E-state index in [1.807, 2.05) is 22.5 Å². The Morgan fingerprint density at radius 1 is 1.31 bits per heavy atom. The second-order valence-corrected chi connectivity index (χ2v) is 6.97. The van der Waals surface area contributed by atoms with Gasteiger partial charge in [0.2, 0.25) is 0 Å². The lowest BCUT2D eigenvalue weighted by Gasteiger charge is -2.21. The largest absolute Gasteiger partial charge is 0.357 e. The molecule has 0 aromatic carbocycles. The summed E-state index contributed by atoms with van der Waals surface area (Å²) in [5.74, 6) is 1.74. The molecule has 1 N–H and O–H groups in total. The van der Waals surface area contributed by atoms with Gasteiger partial charge in [0.1, 0.15) is 12.7 Å². The van der Waals surface area contributed by atoms with Crippen molar-refractivity contribution in [3.63, 3.8) is 0 Å². The first-order valence-electron chi connectivity index (χ1n) is 9.57. The molecule has 142 valence electrons. The standard InChI is InChI=1S/C18H30N8/c1-3-19-18(20-7-4-5-8-25-14-21-22-15-25)26-9-6-16(13-26)10-17-11-23-24(2)12-17/h11-12,14-16H,3-10,13H2,1-2H3,(H,19,20). The number of aromatic nitrogens is 5. The molecule has 8 heteroatoms. The molecule has 1 fully saturated rings. The number of nitrogens with one attached hydrogen (secondary N) is 1. The molecule has 1 aliphatic rings. The minimum atomic E-state index is 0.678. The van der Waals surface area contributed by atoms with Gasteiger partial charge in [-0.3, -0.25) is 9.67 Å². The molecule has 1 aliphatic heterocycles. The predicted molar refractivity (Wildman–Crippen MR) is 102 cm³/mol. The summed E-state index contributed by atoms with van der Waals surface area (Å²) < 4.78 is 3.89. The van der Waals surface area contributed by atoms with Crippen molar-refractivity contribution in [1.82, 2.24) is 34.8 Å². The second-order valence-electron chi connectivity index (χ2n) is 6.97. The van der Waals surface area contributed by atoms with Crippen LogP contribution in [-0.2, 0) is 20.0 Å². The van der Waals surface area contributed by atoms with E-state index in [4.69, 9.17) is 4.99 Å². The topological polar surface area (TPSA) is 76.2 Å². The molecule has 2 aromatic heterocycles. The van der Waals surface area contributed by atoms with Crippen LogP contribution in [0.1, 0.15) is 31.7 Å². The molecule has 3 rings (SSSR count). The highest BCUT2D eigenvalue weighted by Gasteiger charge is 2.25. The molecule has 1 saturated heterocycles. The van der Waals surface area contributed by atoms with Crippen molar-refractivity contribution < 1.29 is 0 Å². The summed E-state index contributed by atoms with van der Waals surface area (Å²) in [7, 11) is 1.98. The third-order valence-electron chi connectivity index (χ3n) is 4.76. The van der Waals surface area contributed by atoms with Gasteiger partial charge in [-0.15, -0.1) is 10.2 Å². The summed E-state index contributed by atoms with van der Waals surface area (Å²) in [5.41, 5.74) is 1.33. The predicted octanol–water partition coefficient (Wildman–Crippen LogP) is 1.32. The van der Waals surface area contributed by atoms with E-state index < -0.39 is 0 Å². The van der Waals surface area contributed by atoms with E-state index in [1.165, 1.54) is 12.0 Å². The van der Waals surface area contributed by atoms with E-state index in [-0.39, 0.29) is 0 Å². The molecule has 8 nitrogen and oxygen atoms in total. The van der Waals surface area contributed by atoms with Crippen LogP contribution in [0.15, 0.2) is 30.0 Å². The number of likely N-dealkylation sites (tertiary alicyclic amines) is 1. The Morgan fingerprint density at radius 2 is 2.15 bits per heavy atom. The lowest BCUT2D eigenvalue weighted by molar-refractivity contribution is 0.459. The molecular formula is C18H30N8. The van der Waals surface area contributed by atoms with Gasteiger partial charge >= 0.3 is 0 Å². The van der Waals surface area contributed by atoms with Crippen molar-refractivity contribution in [3.05, 3.63) is 30.6 Å². The number of aliphatic imine (C=N–C) groups is 1. The van der Waals surface area contributed by atoms with Gasteiger partial charge in [-0.25, -0.2) is 0 Å². The van der Waals surface area contributed by atoms with Crippen LogP contribution >= 0.6 is 0 Å². The fourth-order valence-electron chi connectivity index (χ4n) is 3.46. The Labute approximate surface area is 155 Å². The minimum Gasteiger partial charge on any atom is -0.357 e. The maximum absolute atomic E-state index is 4.83. The molecule has 0 bridgehead atoms. The molecule has 1 atom stereocenters. The van der Waals surface area contributed by atoms with E-state index in [0.717, 1.165) is 57.9 Å². The highest BCUT2D eigenvalue weighted by Crippen LogP contribution is 2.20. The van der Waals surface area contributed by atoms with Gasteiger partial charge in [-0.05, 0) is 44.1 Å².